The summed E-state index contributed by atoms with van der Waals surface area (Å²) in [6, 6.07) is 16.7. The maximum absolute atomic E-state index is 12.7. The molecule has 4 N–H and O–H groups in total. The van der Waals surface area contributed by atoms with Gasteiger partial charge < -0.3 is 20.3 Å². The van der Waals surface area contributed by atoms with Crippen LogP contribution >= 0.6 is 0 Å². The zero-order valence-corrected chi connectivity index (χ0v) is 22.4. The maximum atomic E-state index is 12.7. The maximum Gasteiger partial charge on any atom is 0.268 e. The number of hydrogen-bond donors (Lipinski definition) is 4. The monoisotopic (exact) mass is 541 g/mol. The summed E-state index contributed by atoms with van der Waals surface area (Å²) in [7, 11) is -3.87. The van der Waals surface area contributed by atoms with Crippen LogP contribution in [0.15, 0.2) is 67.0 Å². The minimum absolute atomic E-state index is 0.0380. The van der Waals surface area contributed by atoms with Gasteiger partial charge in [0.05, 0.1) is 23.5 Å². The Morgan fingerprint density at radius 3 is 2.47 bits per heavy atom. The molecule has 0 fully saturated rings. The number of sulfonamides is 1. The molecule has 0 aliphatic carbocycles. The van der Waals surface area contributed by atoms with Gasteiger partial charge >= 0.3 is 0 Å². The smallest absolute Gasteiger partial charge is 0.268 e. The third kappa shape index (κ3) is 8.91. The Bertz CT molecular complexity index is 1280. The molecule has 204 valence electrons. The van der Waals surface area contributed by atoms with Crippen LogP contribution in [-0.4, -0.2) is 61.1 Å². The molecule has 2 aromatic carbocycles. The highest BCUT2D eigenvalue weighted by Crippen LogP contribution is 2.29. The topological polar surface area (TPSA) is 138 Å². The molecule has 0 aliphatic rings. The molecule has 1 aromatic heterocycles. The van der Waals surface area contributed by atoms with E-state index >= 15 is 0 Å². The second kappa shape index (κ2) is 14.0. The Hall–Kier alpha value is -3.31. The second-order valence-corrected chi connectivity index (χ2v) is 11.0. The number of aliphatic hydroxyl groups excluding tert-OH is 2. The molecule has 0 saturated carbocycles. The van der Waals surface area contributed by atoms with Crippen molar-refractivity contribution in [2.24, 2.45) is 0 Å². The lowest BCUT2D eigenvalue weighted by molar-refractivity contribution is 0.0975. The van der Waals surface area contributed by atoms with Crippen molar-refractivity contribution < 1.29 is 28.2 Å². The van der Waals surface area contributed by atoms with Gasteiger partial charge in [-0.1, -0.05) is 36.4 Å². The molecule has 0 saturated heterocycles. The van der Waals surface area contributed by atoms with E-state index < -0.39 is 22.0 Å². The van der Waals surface area contributed by atoms with Crippen LogP contribution in [0, 0.1) is 0 Å². The number of hydrogen-bond acceptors (Lipinski definition) is 8. The molecular formula is C28H35N3O6S. The van der Waals surface area contributed by atoms with Crippen LogP contribution in [-0.2, 0) is 16.4 Å². The number of nitrogens with one attached hydrogen (secondary N) is 2. The molecule has 0 aliphatic heterocycles. The van der Waals surface area contributed by atoms with Gasteiger partial charge in [-0.15, -0.1) is 0 Å². The molecule has 0 spiro atoms. The predicted molar refractivity (Wildman–Crippen MR) is 146 cm³/mol. The summed E-state index contributed by atoms with van der Waals surface area (Å²) in [6.07, 6.45) is 3.31. The van der Waals surface area contributed by atoms with Crippen molar-refractivity contribution in [1.82, 2.24) is 15.0 Å². The third-order valence-electron chi connectivity index (χ3n) is 5.69. The van der Waals surface area contributed by atoms with Crippen LogP contribution < -0.4 is 14.8 Å². The van der Waals surface area contributed by atoms with Gasteiger partial charge in [0.15, 0.2) is 0 Å². The van der Waals surface area contributed by atoms with E-state index in [1.165, 1.54) is 0 Å². The predicted octanol–water partition coefficient (Wildman–Crippen LogP) is 2.84. The van der Waals surface area contributed by atoms with E-state index in [4.69, 9.17) is 9.84 Å². The summed E-state index contributed by atoms with van der Waals surface area (Å²) < 4.78 is 32.1. The number of ether oxygens (including phenoxy) is 1. The Labute approximate surface area is 224 Å². The number of benzene rings is 2. The van der Waals surface area contributed by atoms with E-state index in [-0.39, 0.29) is 36.2 Å². The lowest BCUT2D eigenvalue weighted by atomic mass is 10.0. The summed E-state index contributed by atoms with van der Waals surface area (Å²) >= 11 is 0. The number of rotatable bonds is 14. The second-order valence-electron chi connectivity index (χ2n) is 9.16. The first kappa shape index (κ1) is 29.2. The van der Waals surface area contributed by atoms with Crippen LogP contribution in [0.5, 0.6) is 5.75 Å². The van der Waals surface area contributed by atoms with Crippen molar-refractivity contribution in [2.45, 2.75) is 38.9 Å². The molecule has 0 bridgehead atoms. The van der Waals surface area contributed by atoms with Gasteiger partial charge in [0.25, 0.3) is 5.91 Å². The molecule has 1 atom stereocenters. The molecule has 9 nitrogen and oxygen atoms in total. The largest absolute Gasteiger partial charge is 0.490 e. The molecule has 1 amide bonds. The fourth-order valence-electron chi connectivity index (χ4n) is 3.77. The van der Waals surface area contributed by atoms with Crippen molar-refractivity contribution in [3.8, 4) is 16.9 Å². The highest BCUT2D eigenvalue weighted by atomic mass is 32.2. The molecule has 1 heterocycles. The number of amides is 1. The Balaban J connectivity index is 1.64. The fourth-order valence-corrected chi connectivity index (χ4v) is 4.77. The number of carbonyl (C=O) groups excluding carboxylic acids is 1. The molecule has 3 aromatic rings. The SMILES string of the molecule is CC(C)Oc1cc(-c2ccc(CCNC[C@@H](O)c3cccnc3)cc2)ccc1C(=O)NS(=O)(=O)CCCO. The molecule has 10 heteroatoms. The average Bonchev–Trinajstić information content (AvgIpc) is 2.90. The van der Waals surface area contributed by atoms with Gasteiger partial charge in [-0.3, -0.25) is 9.78 Å². The number of aliphatic hydroxyl groups is 2. The lowest BCUT2D eigenvalue weighted by Gasteiger charge is -2.16. The van der Waals surface area contributed by atoms with Crippen LogP contribution in [0.25, 0.3) is 11.1 Å². The first-order valence-electron chi connectivity index (χ1n) is 12.5. The van der Waals surface area contributed by atoms with E-state index in [9.17, 15) is 18.3 Å². The quantitative estimate of drug-likeness (QED) is 0.229. The van der Waals surface area contributed by atoms with Crippen LogP contribution in [0.1, 0.15) is 47.9 Å². The highest BCUT2D eigenvalue weighted by Gasteiger charge is 2.20. The van der Waals surface area contributed by atoms with Crippen LogP contribution in [0.2, 0.25) is 0 Å². The van der Waals surface area contributed by atoms with Crippen molar-refractivity contribution in [3.05, 3.63) is 83.7 Å². The Morgan fingerprint density at radius 1 is 1.08 bits per heavy atom. The normalized spacial score (nSPS) is 12.3. The Kier molecular flexibility index (Phi) is 10.8. The number of pyridine rings is 1. The van der Waals surface area contributed by atoms with Crippen molar-refractivity contribution in [2.75, 3.05) is 25.4 Å². The average molecular weight is 542 g/mol. The van der Waals surface area contributed by atoms with Crippen molar-refractivity contribution in [3.63, 3.8) is 0 Å². The summed E-state index contributed by atoms with van der Waals surface area (Å²) in [6.45, 7) is 4.51. The fraction of sp³-hybridized carbons (Fsp3) is 0.357. The zero-order chi connectivity index (χ0) is 27.5. The summed E-state index contributed by atoms with van der Waals surface area (Å²) in [5.41, 5.74) is 3.76. The van der Waals surface area contributed by atoms with Gasteiger partial charge in [-0.25, -0.2) is 13.1 Å². The number of aromatic nitrogens is 1. The molecule has 3 rings (SSSR count). The number of nitrogens with zero attached hydrogens (tertiary/aromatic N) is 1. The van der Waals surface area contributed by atoms with Gasteiger partial charge in [-0.2, -0.15) is 0 Å². The molecule has 38 heavy (non-hydrogen) atoms. The summed E-state index contributed by atoms with van der Waals surface area (Å²) in [5, 5.41) is 22.4. The first-order valence-corrected chi connectivity index (χ1v) is 14.2. The van der Waals surface area contributed by atoms with Crippen molar-refractivity contribution >= 4 is 15.9 Å². The third-order valence-corrected chi connectivity index (χ3v) is 7.02. The first-order chi connectivity index (χ1) is 18.2. The Morgan fingerprint density at radius 2 is 1.82 bits per heavy atom. The molecule has 0 unspecified atom stereocenters. The molecule has 0 radical (unpaired) electrons. The van der Waals surface area contributed by atoms with E-state index in [0.29, 0.717) is 13.1 Å². The zero-order valence-electron chi connectivity index (χ0n) is 21.6. The van der Waals surface area contributed by atoms with Gasteiger partial charge in [0, 0.05) is 31.1 Å². The minimum atomic E-state index is -3.87. The minimum Gasteiger partial charge on any atom is -0.490 e. The summed E-state index contributed by atoms with van der Waals surface area (Å²) in [4.78, 5) is 16.7. The van der Waals surface area contributed by atoms with Crippen molar-refractivity contribution in [1.29, 1.82) is 0 Å². The van der Waals surface area contributed by atoms with E-state index in [1.54, 1.807) is 36.7 Å². The summed E-state index contributed by atoms with van der Waals surface area (Å²) in [5.74, 6) is -0.838. The number of carbonyl (C=O) groups is 1. The van der Waals surface area contributed by atoms with Crippen LogP contribution in [0.3, 0.4) is 0 Å². The highest BCUT2D eigenvalue weighted by molar-refractivity contribution is 7.90. The molecular weight excluding hydrogens is 506 g/mol. The standard InChI is InChI=1S/C28H35N3O6S/c1-20(2)37-27-17-23(10-11-25(27)28(34)31-38(35,36)16-4-15-32)22-8-6-21(7-9-22)12-14-30-19-26(33)24-5-3-13-29-18-24/h3,5-11,13,17-18,20,26,30,32-33H,4,12,14-16,19H2,1-2H3,(H,31,34)/t26-/m1/s1. The van der Waals surface area contributed by atoms with E-state index in [2.05, 4.69) is 10.3 Å². The van der Waals surface area contributed by atoms with Gasteiger partial charge in [0.2, 0.25) is 10.0 Å². The van der Waals surface area contributed by atoms with E-state index in [1.807, 2.05) is 48.9 Å². The lowest BCUT2D eigenvalue weighted by Crippen LogP contribution is -2.33. The van der Waals surface area contributed by atoms with Crippen LogP contribution in [0.4, 0.5) is 0 Å². The van der Waals surface area contributed by atoms with Gasteiger partial charge in [-0.05, 0) is 68.1 Å². The van der Waals surface area contributed by atoms with E-state index in [0.717, 1.165) is 28.7 Å². The van der Waals surface area contributed by atoms with Gasteiger partial charge in [0.1, 0.15) is 5.75 Å².